The molecule has 28 heavy (non-hydrogen) atoms. The molecule has 0 amide bonds. The molecule has 0 spiro atoms. The smallest absolute Gasteiger partial charge is 0.0790 e. The molecular weight excluding hydrogens is 364 g/mol. The van der Waals surface area contributed by atoms with Gasteiger partial charge in [-0.15, -0.1) is 0 Å². The Balaban J connectivity index is 1.64. The number of unbranched alkanes of at least 4 members (excludes halogenated alkanes) is 2. The van der Waals surface area contributed by atoms with Gasteiger partial charge in [-0.2, -0.15) is 11.3 Å². The molecule has 2 atom stereocenters. The van der Waals surface area contributed by atoms with Gasteiger partial charge >= 0.3 is 0 Å². The van der Waals surface area contributed by atoms with Crippen molar-refractivity contribution in [3.63, 3.8) is 0 Å². The van der Waals surface area contributed by atoms with Crippen molar-refractivity contribution < 1.29 is 10.2 Å². The third kappa shape index (κ3) is 5.56. The summed E-state index contributed by atoms with van der Waals surface area (Å²) in [6.07, 6.45) is 9.57. The van der Waals surface area contributed by atoms with Crippen molar-refractivity contribution in [2.45, 2.75) is 70.8 Å². The monoisotopic (exact) mass is 398 g/mol. The number of hydrogen-bond acceptors (Lipinski definition) is 3. The molecule has 152 valence electrons. The first kappa shape index (κ1) is 21.3. The van der Waals surface area contributed by atoms with Crippen LogP contribution in [0.3, 0.4) is 0 Å². The van der Waals surface area contributed by atoms with Crippen molar-refractivity contribution >= 4 is 16.9 Å². The summed E-state index contributed by atoms with van der Waals surface area (Å²) in [5, 5.41) is 24.7. The number of aliphatic hydroxyl groups excluding tert-OH is 2. The van der Waals surface area contributed by atoms with Gasteiger partial charge in [0.2, 0.25) is 0 Å². The average Bonchev–Trinajstić information content (AvgIpc) is 3.38. The second kappa shape index (κ2) is 10.9. The summed E-state index contributed by atoms with van der Waals surface area (Å²) >= 11 is 1.77. The van der Waals surface area contributed by atoms with Crippen molar-refractivity contribution in [1.29, 1.82) is 0 Å². The molecule has 0 aliphatic heterocycles. The fraction of sp³-hybridized carbons (Fsp3) is 0.520. The minimum Gasteiger partial charge on any atom is -0.392 e. The van der Waals surface area contributed by atoms with Gasteiger partial charge in [-0.3, -0.25) is 0 Å². The number of thiophene rings is 1. The molecule has 0 bridgehead atoms. The SMILES string of the molecule is CCCCCC(O)c1ccc(C2=C(CO)CC[C@@H]2CCCc2ccsc2)cc1. The molecule has 3 rings (SSSR count). The van der Waals surface area contributed by atoms with Gasteiger partial charge in [0.1, 0.15) is 0 Å². The Hall–Kier alpha value is -1.42. The van der Waals surface area contributed by atoms with Crippen LogP contribution >= 0.6 is 11.3 Å². The Morgan fingerprint density at radius 1 is 1.11 bits per heavy atom. The minimum absolute atomic E-state index is 0.164. The molecule has 0 fully saturated rings. The fourth-order valence-corrected chi connectivity index (χ4v) is 5.14. The summed E-state index contributed by atoms with van der Waals surface area (Å²) in [5.41, 5.74) is 6.25. The first-order valence-corrected chi connectivity index (χ1v) is 11.8. The van der Waals surface area contributed by atoms with E-state index in [0.717, 1.165) is 37.7 Å². The average molecular weight is 399 g/mol. The van der Waals surface area contributed by atoms with E-state index in [-0.39, 0.29) is 12.7 Å². The van der Waals surface area contributed by atoms with E-state index < -0.39 is 0 Å². The standard InChI is InChI=1S/C25H34O2S/c1-2-3-4-8-24(27)20-9-11-22(12-10-20)25-21(13-14-23(25)17-26)7-5-6-19-15-16-28-18-19/h9-12,15-16,18,21,24,26-27H,2-8,13-14,17H2,1H3/t21-,24?/m0/s1. The molecule has 1 heterocycles. The van der Waals surface area contributed by atoms with E-state index in [9.17, 15) is 10.2 Å². The van der Waals surface area contributed by atoms with Gasteiger partial charge in [0.05, 0.1) is 12.7 Å². The highest BCUT2D eigenvalue weighted by Crippen LogP contribution is 2.41. The maximum absolute atomic E-state index is 10.4. The van der Waals surface area contributed by atoms with Crippen LogP contribution in [0.15, 0.2) is 46.7 Å². The summed E-state index contributed by atoms with van der Waals surface area (Å²) in [7, 11) is 0. The number of aliphatic hydroxyl groups is 2. The summed E-state index contributed by atoms with van der Waals surface area (Å²) < 4.78 is 0. The highest BCUT2D eigenvalue weighted by Gasteiger charge is 2.26. The van der Waals surface area contributed by atoms with E-state index in [1.165, 1.54) is 48.0 Å². The predicted octanol–water partition coefficient (Wildman–Crippen LogP) is 6.54. The number of rotatable bonds is 11. The number of aryl methyl sites for hydroxylation is 1. The van der Waals surface area contributed by atoms with Crippen LogP contribution in [0.25, 0.3) is 5.57 Å². The normalized spacial score (nSPS) is 18.0. The van der Waals surface area contributed by atoms with Gasteiger partial charge in [0.15, 0.2) is 0 Å². The summed E-state index contributed by atoms with van der Waals surface area (Å²) in [5.74, 6) is 0.543. The lowest BCUT2D eigenvalue weighted by molar-refractivity contribution is 0.163. The summed E-state index contributed by atoms with van der Waals surface area (Å²) in [4.78, 5) is 0. The minimum atomic E-state index is -0.364. The van der Waals surface area contributed by atoms with Crippen molar-refractivity contribution in [2.75, 3.05) is 6.61 Å². The van der Waals surface area contributed by atoms with Crippen LogP contribution in [0, 0.1) is 5.92 Å². The van der Waals surface area contributed by atoms with Gasteiger partial charge in [-0.05, 0) is 89.1 Å². The molecule has 1 aromatic heterocycles. The zero-order chi connectivity index (χ0) is 19.8. The molecule has 1 aromatic carbocycles. The highest BCUT2D eigenvalue weighted by molar-refractivity contribution is 7.07. The maximum Gasteiger partial charge on any atom is 0.0790 e. The Morgan fingerprint density at radius 3 is 2.61 bits per heavy atom. The van der Waals surface area contributed by atoms with Crippen LogP contribution in [-0.2, 0) is 6.42 Å². The largest absolute Gasteiger partial charge is 0.392 e. The second-order valence-electron chi connectivity index (χ2n) is 8.07. The van der Waals surface area contributed by atoms with Crippen LogP contribution in [0.1, 0.15) is 81.1 Å². The van der Waals surface area contributed by atoms with Crippen LogP contribution in [0.4, 0.5) is 0 Å². The van der Waals surface area contributed by atoms with E-state index in [4.69, 9.17) is 0 Å². The Labute approximate surface area is 173 Å². The third-order valence-corrected chi connectivity index (χ3v) is 6.79. The molecule has 0 radical (unpaired) electrons. The van der Waals surface area contributed by atoms with Crippen molar-refractivity contribution in [3.8, 4) is 0 Å². The van der Waals surface area contributed by atoms with Crippen LogP contribution in [-0.4, -0.2) is 16.8 Å². The van der Waals surface area contributed by atoms with Gasteiger partial charge in [-0.1, -0.05) is 50.5 Å². The van der Waals surface area contributed by atoms with E-state index in [1.54, 1.807) is 11.3 Å². The quantitative estimate of drug-likeness (QED) is 0.422. The summed E-state index contributed by atoms with van der Waals surface area (Å²) in [6.45, 7) is 2.35. The molecule has 2 aromatic rings. The van der Waals surface area contributed by atoms with Crippen molar-refractivity contribution in [1.82, 2.24) is 0 Å². The molecular formula is C25H34O2S. The highest BCUT2D eigenvalue weighted by atomic mass is 32.1. The van der Waals surface area contributed by atoms with Crippen molar-refractivity contribution in [2.24, 2.45) is 5.92 Å². The molecule has 1 aliphatic carbocycles. The predicted molar refractivity (Wildman–Crippen MR) is 120 cm³/mol. The molecule has 2 N–H and O–H groups in total. The van der Waals surface area contributed by atoms with E-state index in [0.29, 0.717) is 5.92 Å². The van der Waals surface area contributed by atoms with Crippen LogP contribution in [0.2, 0.25) is 0 Å². The Kier molecular flexibility index (Phi) is 8.32. The first-order valence-electron chi connectivity index (χ1n) is 10.8. The Morgan fingerprint density at radius 2 is 1.93 bits per heavy atom. The van der Waals surface area contributed by atoms with Crippen LogP contribution in [0.5, 0.6) is 0 Å². The van der Waals surface area contributed by atoms with E-state index in [2.05, 4.69) is 48.0 Å². The number of hydrogen-bond donors (Lipinski definition) is 2. The van der Waals surface area contributed by atoms with E-state index in [1.807, 2.05) is 0 Å². The molecule has 1 aliphatic rings. The molecule has 0 saturated heterocycles. The third-order valence-electron chi connectivity index (χ3n) is 6.06. The van der Waals surface area contributed by atoms with Gasteiger partial charge in [0, 0.05) is 0 Å². The lowest BCUT2D eigenvalue weighted by Gasteiger charge is -2.18. The number of benzene rings is 1. The molecule has 3 heteroatoms. The molecule has 2 nitrogen and oxygen atoms in total. The zero-order valence-corrected chi connectivity index (χ0v) is 17.9. The van der Waals surface area contributed by atoms with Crippen molar-refractivity contribution in [3.05, 3.63) is 63.4 Å². The number of allylic oxidation sites excluding steroid dienone is 1. The maximum atomic E-state index is 10.4. The molecule has 0 saturated carbocycles. The van der Waals surface area contributed by atoms with E-state index >= 15 is 0 Å². The lowest BCUT2D eigenvalue weighted by Crippen LogP contribution is -2.03. The van der Waals surface area contributed by atoms with Gasteiger partial charge < -0.3 is 10.2 Å². The lowest BCUT2D eigenvalue weighted by atomic mass is 9.88. The Bertz CT molecular complexity index is 730. The summed E-state index contributed by atoms with van der Waals surface area (Å²) in [6, 6.07) is 10.7. The fourth-order valence-electron chi connectivity index (χ4n) is 4.44. The van der Waals surface area contributed by atoms with Gasteiger partial charge in [-0.25, -0.2) is 0 Å². The zero-order valence-electron chi connectivity index (χ0n) is 17.1. The topological polar surface area (TPSA) is 40.5 Å². The first-order chi connectivity index (χ1) is 13.7. The van der Waals surface area contributed by atoms with Crippen LogP contribution < -0.4 is 0 Å². The van der Waals surface area contributed by atoms with Gasteiger partial charge in [0.25, 0.3) is 0 Å². The second-order valence-corrected chi connectivity index (χ2v) is 8.85. The molecule has 1 unspecified atom stereocenters.